The summed E-state index contributed by atoms with van der Waals surface area (Å²) < 4.78 is 30.0. The first-order chi connectivity index (χ1) is 6.19. The molecule has 1 aromatic rings. The van der Waals surface area contributed by atoms with Gasteiger partial charge in [-0.05, 0) is 17.7 Å². The average Bonchev–Trinajstić information content (AvgIpc) is 2.11. The number of ether oxygens (including phenoxy) is 1. The first kappa shape index (κ1) is 9.28. The predicted octanol–water partition coefficient (Wildman–Crippen LogP) is 2.92. The lowest BCUT2D eigenvalue weighted by Gasteiger charge is -2.02. The van der Waals surface area contributed by atoms with Gasteiger partial charge >= 0.3 is 0 Å². The van der Waals surface area contributed by atoms with Crippen molar-refractivity contribution in [2.24, 2.45) is 5.11 Å². The molecular weight excluding hydrogens is 180 g/mol. The van der Waals surface area contributed by atoms with E-state index in [1.54, 1.807) is 0 Å². The molecule has 0 saturated carbocycles. The Morgan fingerprint density at radius 3 is 2.69 bits per heavy atom. The van der Waals surface area contributed by atoms with Gasteiger partial charge in [-0.3, -0.25) is 0 Å². The van der Waals surface area contributed by atoms with Crippen molar-refractivity contribution in [3.63, 3.8) is 0 Å². The van der Waals surface area contributed by atoms with E-state index in [4.69, 9.17) is 5.53 Å². The molecule has 0 fully saturated rings. The van der Waals surface area contributed by atoms with Crippen molar-refractivity contribution < 1.29 is 13.5 Å². The van der Waals surface area contributed by atoms with Crippen LogP contribution >= 0.6 is 0 Å². The van der Waals surface area contributed by atoms with Crippen molar-refractivity contribution in [1.29, 1.82) is 0 Å². The van der Waals surface area contributed by atoms with Crippen LogP contribution in [0.2, 0.25) is 0 Å². The Kier molecular flexibility index (Phi) is 2.66. The molecule has 0 N–H and O–H groups in total. The minimum atomic E-state index is -1.11. The summed E-state index contributed by atoms with van der Waals surface area (Å²) in [5.41, 5.74) is 8.02. The van der Waals surface area contributed by atoms with Crippen LogP contribution in [-0.2, 0) is 0 Å². The monoisotopic (exact) mass is 185 g/mol. The van der Waals surface area contributed by atoms with E-state index in [1.807, 2.05) is 0 Å². The van der Waals surface area contributed by atoms with Gasteiger partial charge in [-0.25, -0.2) is 4.39 Å². The second-order valence-electron chi connectivity index (χ2n) is 2.13. The van der Waals surface area contributed by atoms with Crippen molar-refractivity contribution in [2.45, 2.75) is 0 Å². The summed E-state index contributed by atoms with van der Waals surface area (Å²) in [7, 11) is 1.19. The van der Waals surface area contributed by atoms with Crippen LogP contribution in [0.25, 0.3) is 10.4 Å². The summed E-state index contributed by atoms with van der Waals surface area (Å²) in [6.07, 6.45) is 0. The Morgan fingerprint density at radius 2 is 2.15 bits per heavy atom. The van der Waals surface area contributed by atoms with Crippen molar-refractivity contribution in [2.75, 3.05) is 7.11 Å². The molecule has 0 aliphatic carbocycles. The second kappa shape index (κ2) is 3.73. The fraction of sp³-hybridized carbons (Fsp3) is 0.143. The molecule has 0 spiro atoms. The summed E-state index contributed by atoms with van der Waals surface area (Å²) in [4.78, 5) is 2.43. The third-order valence-corrected chi connectivity index (χ3v) is 1.36. The van der Waals surface area contributed by atoms with Crippen LogP contribution < -0.4 is 4.74 Å². The zero-order valence-electron chi connectivity index (χ0n) is 6.66. The topological polar surface area (TPSA) is 58.0 Å². The molecule has 0 amide bonds. The first-order valence-corrected chi connectivity index (χ1v) is 3.27. The zero-order valence-corrected chi connectivity index (χ0v) is 6.66. The molecule has 0 unspecified atom stereocenters. The molecule has 1 aromatic carbocycles. The second-order valence-corrected chi connectivity index (χ2v) is 2.13. The van der Waals surface area contributed by atoms with Gasteiger partial charge in [-0.15, -0.1) is 0 Å². The Bertz CT molecular complexity index is 374. The smallest absolute Gasteiger partial charge is 0.200 e. The standard InChI is InChI=1S/C7H5F2N3O/c1-13-6-3-4(11-12-10)2-5(8)7(6)9/h2-3H,1H3. The van der Waals surface area contributed by atoms with Gasteiger partial charge in [0.25, 0.3) is 0 Å². The van der Waals surface area contributed by atoms with E-state index < -0.39 is 11.6 Å². The van der Waals surface area contributed by atoms with E-state index in [2.05, 4.69) is 14.8 Å². The molecule has 13 heavy (non-hydrogen) atoms. The number of halogens is 2. The number of methoxy groups -OCH3 is 1. The molecule has 1 rings (SSSR count). The molecule has 0 heterocycles. The molecule has 4 nitrogen and oxygen atoms in total. The van der Waals surface area contributed by atoms with E-state index in [-0.39, 0.29) is 11.4 Å². The number of hydrogen-bond donors (Lipinski definition) is 0. The lowest BCUT2D eigenvalue weighted by atomic mass is 10.3. The van der Waals surface area contributed by atoms with Crippen molar-refractivity contribution in [3.05, 3.63) is 34.2 Å². The van der Waals surface area contributed by atoms with E-state index in [1.165, 1.54) is 7.11 Å². The van der Waals surface area contributed by atoms with Gasteiger partial charge in [-0.1, -0.05) is 5.11 Å². The SMILES string of the molecule is COc1cc(N=[N+]=[N-])cc(F)c1F. The number of nitrogens with zero attached hydrogens (tertiary/aromatic N) is 3. The van der Waals surface area contributed by atoms with Gasteiger partial charge < -0.3 is 4.74 Å². The zero-order chi connectivity index (χ0) is 9.84. The van der Waals surface area contributed by atoms with Crippen LogP contribution in [0, 0.1) is 11.6 Å². The highest BCUT2D eigenvalue weighted by atomic mass is 19.2. The Hall–Kier alpha value is -1.81. The van der Waals surface area contributed by atoms with Crippen LogP contribution in [0.5, 0.6) is 5.75 Å². The average molecular weight is 185 g/mol. The summed E-state index contributed by atoms with van der Waals surface area (Å²) in [6, 6.07) is 1.90. The van der Waals surface area contributed by atoms with Crippen molar-refractivity contribution >= 4 is 5.69 Å². The highest BCUT2D eigenvalue weighted by molar-refractivity contribution is 5.44. The predicted molar refractivity (Wildman–Crippen MR) is 41.7 cm³/mol. The van der Waals surface area contributed by atoms with Crippen LogP contribution in [0.15, 0.2) is 17.2 Å². The molecule has 0 aromatic heterocycles. The van der Waals surface area contributed by atoms with Crippen molar-refractivity contribution in [3.8, 4) is 5.75 Å². The van der Waals surface area contributed by atoms with Crippen LogP contribution in [0.3, 0.4) is 0 Å². The summed E-state index contributed by atoms with van der Waals surface area (Å²) in [6.45, 7) is 0. The fourth-order valence-electron chi connectivity index (χ4n) is 0.808. The molecule has 0 bridgehead atoms. The van der Waals surface area contributed by atoms with E-state index in [0.29, 0.717) is 0 Å². The summed E-state index contributed by atoms with van der Waals surface area (Å²) in [5.74, 6) is -2.50. The minimum absolute atomic E-state index is 0.0294. The maximum Gasteiger partial charge on any atom is 0.200 e. The van der Waals surface area contributed by atoms with Gasteiger partial charge in [0.2, 0.25) is 5.82 Å². The normalized spacial score (nSPS) is 9.15. The first-order valence-electron chi connectivity index (χ1n) is 3.27. The molecule has 0 saturated heterocycles. The van der Waals surface area contributed by atoms with Gasteiger partial charge in [0, 0.05) is 10.6 Å². The van der Waals surface area contributed by atoms with E-state index in [0.717, 1.165) is 12.1 Å². The maximum absolute atomic E-state index is 12.8. The number of azide groups is 1. The summed E-state index contributed by atoms with van der Waals surface area (Å²) in [5, 5.41) is 3.11. The quantitative estimate of drug-likeness (QED) is 0.397. The fourth-order valence-corrected chi connectivity index (χ4v) is 0.808. The highest BCUT2D eigenvalue weighted by Gasteiger charge is 2.09. The molecule has 0 aliphatic heterocycles. The third kappa shape index (κ3) is 1.86. The highest BCUT2D eigenvalue weighted by Crippen LogP contribution is 2.26. The molecule has 6 heteroatoms. The Balaban J connectivity index is 3.29. The largest absolute Gasteiger partial charge is 0.494 e. The van der Waals surface area contributed by atoms with Crippen molar-refractivity contribution in [1.82, 2.24) is 0 Å². The maximum atomic E-state index is 12.8. The van der Waals surface area contributed by atoms with E-state index >= 15 is 0 Å². The van der Waals surface area contributed by atoms with Crippen LogP contribution in [-0.4, -0.2) is 7.11 Å². The van der Waals surface area contributed by atoms with Gasteiger partial charge in [0.1, 0.15) is 0 Å². The number of hydrogen-bond acceptors (Lipinski definition) is 2. The van der Waals surface area contributed by atoms with Gasteiger partial charge in [0.05, 0.1) is 7.11 Å². The molecule has 0 radical (unpaired) electrons. The minimum Gasteiger partial charge on any atom is -0.494 e. The molecule has 68 valence electrons. The van der Waals surface area contributed by atoms with Crippen LogP contribution in [0.4, 0.5) is 14.5 Å². The molecular formula is C7H5F2N3O. The number of benzene rings is 1. The van der Waals surface area contributed by atoms with Crippen LogP contribution in [0.1, 0.15) is 0 Å². The molecule has 0 atom stereocenters. The molecule has 0 aliphatic rings. The summed E-state index contributed by atoms with van der Waals surface area (Å²) >= 11 is 0. The third-order valence-electron chi connectivity index (χ3n) is 1.36. The Morgan fingerprint density at radius 1 is 1.46 bits per heavy atom. The lowest BCUT2D eigenvalue weighted by Crippen LogP contribution is -1.91. The number of rotatable bonds is 2. The van der Waals surface area contributed by atoms with Gasteiger partial charge in [-0.2, -0.15) is 4.39 Å². The Labute approximate surface area is 72.4 Å². The van der Waals surface area contributed by atoms with E-state index in [9.17, 15) is 8.78 Å². The lowest BCUT2D eigenvalue weighted by molar-refractivity contribution is 0.372. The van der Waals surface area contributed by atoms with Gasteiger partial charge in [0.15, 0.2) is 11.6 Å².